The number of ether oxygens (including phenoxy) is 4. The fourth-order valence-corrected chi connectivity index (χ4v) is 4.88. The van der Waals surface area contributed by atoms with Crippen LogP contribution in [0.2, 0.25) is 0 Å². The van der Waals surface area contributed by atoms with Crippen LogP contribution in [0.5, 0.6) is 0 Å². The maximum absolute atomic E-state index is 13.8. The number of carbonyl (C=O) groups is 1. The van der Waals surface area contributed by atoms with Gasteiger partial charge < -0.3 is 23.8 Å². The molecule has 2 aliphatic heterocycles. The molecule has 0 spiro atoms. The quantitative estimate of drug-likeness (QED) is 0.281. The lowest BCUT2D eigenvalue weighted by atomic mass is 10.0. The van der Waals surface area contributed by atoms with Crippen LogP contribution in [0.4, 0.5) is 22.0 Å². The Kier molecular flexibility index (Phi) is 9.94. The number of aromatic nitrogens is 1. The van der Waals surface area contributed by atoms with E-state index in [0.717, 1.165) is 24.9 Å². The molecule has 40 heavy (non-hydrogen) atoms. The summed E-state index contributed by atoms with van der Waals surface area (Å²) < 4.78 is 23.2. The average Bonchev–Trinajstić information content (AvgIpc) is 2.94. The standard InChI is InChI=1S/C29H40N4O7/c1-5-25(21-9-8-10-23(17-21)33(35)36)32(28(34)40-29(2,3)4)26-19-24(31-12-15-37-16-13-31)18-22(30-26)20-39-27-11-6-7-14-38-27/h8-10,17-19,25,27H,5-7,11-16,20H2,1-4H3. The van der Waals surface area contributed by atoms with Gasteiger partial charge in [-0.05, 0) is 58.1 Å². The second-order valence-corrected chi connectivity index (χ2v) is 11.0. The molecule has 1 aromatic heterocycles. The van der Waals surface area contributed by atoms with Crippen LogP contribution < -0.4 is 9.80 Å². The summed E-state index contributed by atoms with van der Waals surface area (Å²) in [6.07, 6.45) is 2.50. The molecule has 11 heteroatoms. The van der Waals surface area contributed by atoms with Crippen molar-refractivity contribution in [2.24, 2.45) is 0 Å². The normalized spacial score (nSPS) is 18.7. The first-order chi connectivity index (χ1) is 19.1. The fraction of sp³-hybridized carbons (Fsp3) is 0.586. The fourth-order valence-electron chi connectivity index (χ4n) is 4.88. The van der Waals surface area contributed by atoms with Crippen LogP contribution >= 0.6 is 0 Å². The minimum atomic E-state index is -0.762. The molecule has 1 amide bonds. The Balaban J connectivity index is 1.76. The van der Waals surface area contributed by atoms with Gasteiger partial charge in [-0.2, -0.15) is 0 Å². The molecular formula is C29H40N4O7. The smallest absolute Gasteiger partial charge is 0.416 e. The van der Waals surface area contributed by atoms with Gasteiger partial charge in [-0.3, -0.25) is 15.0 Å². The van der Waals surface area contributed by atoms with E-state index in [4.69, 9.17) is 23.9 Å². The van der Waals surface area contributed by atoms with Crippen LogP contribution in [0.15, 0.2) is 36.4 Å². The molecule has 0 aliphatic carbocycles. The minimum absolute atomic E-state index is 0.0447. The molecule has 2 saturated heterocycles. The van der Waals surface area contributed by atoms with Crippen LogP contribution in [0.3, 0.4) is 0 Å². The maximum atomic E-state index is 13.8. The van der Waals surface area contributed by atoms with Gasteiger partial charge in [-0.15, -0.1) is 0 Å². The van der Waals surface area contributed by atoms with E-state index in [9.17, 15) is 14.9 Å². The molecule has 0 radical (unpaired) electrons. The molecule has 2 unspecified atom stereocenters. The van der Waals surface area contributed by atoms with E-state index in [1.807, 2.05) is 19.1 Å². The predicted molar refractivity (Wildman–Crippen MR) is 150 cm³/mol. The minimum Gasteiger partial charge on any atom is -0.443 e. The first-order valence-electron chi connectivity index (χ1n) is 14.0. The van der Waals surface area contributed by atoms with E-state index in [1.54, 1.807) is 32.9 Å². The first-order valence-corrected chi connectivity index (χ1v) is 14.0. The number of hydrogen-bond acceptors (Lipinski definition) is 9. The highest BCUT2D eigenvalue weighted by Crippen LogP contribution is 2.35. The second-order valence-electron chi connectivity index (χ2n) is 11.0. The molecular weight excluding hydrogens is 516 g/mol. The third-order valence-corrected chi connectivity index (χ3v) is 6.78. The summed E-state index contributed by atoms with van der Waals surface area (Å²) in [6, 6.07) is 9.64. The molecule has 2 aliphatic rings. The number of nitro benzene ring substituents is 1. The van der Waals surface area contributed by atoms with Gasteiger partial charge >= 0.3 is 6.09 Å². The van der Waals surface area contributed by atoms with E-state index in [1.165, 1.54) is 17.0 Å². The van der Waals surface area contributed by atoms with E-state index in [-0.39, 0.29) is 18.6 Å². The summed E-state index contributed by atoms with van der Waals surface area (Å²) in [4.78, 5) is 33.5. The van der Waals surface area contributed by atoms with Gasteiger partial charge in [0.15, 0.2) is 6.29 Å². The third kappa shape index (κ3) is 7.89. The lowest BCUT2D eigenvalue weighted by Crippen LogP contribution is -2.40. The van der Waals surface area contributed by atoms with Crippen molar-refractivity contribution < 1.29 is 28.7 Å². The van der Waals surface area contributed by atoms with Crippen molar-refractivity contribution >= 4 is 23.3 Å². The third-order valence-electron chi connectivity index (χ3n) is 6.78. The van der Waals surface area contributed by atoms with Crippen molar-refractivity contribution in [1.82, 2.24) is 4.98 Å². The van der Waals surface area contributed by atoms with Crippen LogP contribution in [-0.4, -0.2) is 60.8 Å². The molecule has 2 atom stereocenters. The molecule has 0 saturated carbocycles. The number of pyridine rings is 1. The number of morpholine rings is 1. The Morgan fingerprint density at radius 3 is 2.62 bits per heavy atom. The average molecular weight is 557 g/mol. The van der Waals surface area contributed by atoms with Crippen molar-refractivity contribution in [1.29, 1.82) is 0 Å². The summed E-state index contributed by atoms with van der Waals surface area (Å²) in [5.41, 5.74) is 1.35. The number of non-ortho nitro benzene ring substituents is 1. The van der Waals surface area contributed by atoms with Crippen LogP contribution in [-0.2, 0) is 25.6 Å². The van der Waals surface area contributed by atoms with Gasteiger partial charge in [0.05, 0.1) is 36.5 Å². The second kappa shape index (κ2) is 13.4. The lowest BCUT2D eigenvalue weighted by molar-refractivity contribution is -0.384. The number of anilines is 2. The van der Waals surface area contributed by atoms with Gasteiger partial charge in [0, 0.05) is 43.6 Å². The number of nitro groups is 1. The van der Waals surface area contributed by atoms with Crippen LogP contribution in [0.25, 0.3) is 0 Å². The van der Waals surface area contributed by atoms with Gasteiger partial charge in [-0.25, -0.2) is 9.78 Å². The summed E-state index contributed by atoms with van der Waals surface area (Å²) in [5, 5.41) is 11.5. The van der Waals surface area contributed by atoms with Gasteiger partial charge in [0.25, 0.3) is 5.69 Å². The zero-order chi connectivity index (χ0) is 28.7. The molecule has 2 fully saturated rings. The highest BCUT2D eigenvalue weighted by Gasteiger charge is 2.33. The molecule has 218 valence electrons. The number of nitrogens with zero attached hydrogens (tertiary/aromatic N) is 4. The van der Waals surface area contributed by atoms with Crippen LogP contribution in [0, 0.1) is 10.1 Å². The Hall–Kier alpha value is -3.28. The van der Waals surface area contributed by atoms with E-state index >= 15 is 0 Å². The molecule has 11 nitrogen and oxygen atoms in total. The van der Waals surface area contributed by atoms with Crippen molar-refractivity contribution in [2.45, 2.75) is 77.9 Å². The molecule has 2 aromatic rings. The van der Waals surface area contributed by atoms with Gasteiger partial charge in [0.1, 0.15) is 11.4 Å². The van der Waals surface area contributed by atoms with Crippen molar-refractivity contribution in [2.75, 3.05) is 42.7 Å². The van der Waals surface area contributed by atoms with E-state index in [0.29, 0.717) is 56.4 Å². The van der Waals surface area contributed by atoms with Crippen LogP contribution in [0.1, 0.15) is 70.7 Å². The highest BCUT2D eigenvalue weighted by molar-refractivity contribution is 5.88. The van der Waals surface area contributed by atoms with E-state index in [2.05, 4.69) is 4.90 Å². The topological polar surface area (TPSA) is 117 Å². The first kappa shape index (κ1) is 29.7. The molecule has 4 rings (SSSR count). The number of hydrogen-bond donors (Lipinski definition) is 0. The largest absolute Gasteiger partial charge is 0.443 e. The van der Waals surface area contributed by atoms with Crippen molar-refractivity contribution in [3.8, 4) is 0 Å². The molecule has 0 N–H and O–H groups in total. The van der Waals surface area contributed by atoms with Gasteiger partial charge in [-0.1, -0.05) is 19.1 Å². The number of carbonyl (C=O) groups excluding carboxylic acids is 1. The number of amides is 1. The van der Waals surface area contributed by atoms with Gasteiger partial charge in [0.2, 0.25) is 0 Å². The summed E-state index contributed by atoms with van der Waals surface area (Å²) in [6.45, 7) is 10.8. The SMILES string of the molecule is CCC(c1cccc([N+](=O)[O-])c1)N(C(=O)OC(C)(C)C)c1cc(N2CCOCC2)cc(COC2CCCCO2)n1. The Labute approximate surface area is 235 Å². The predicted octanol–water partition coefficient (Wildman–Crippen LogP) is 5.76. The zero-order valence-corrected chi connectivity index (χ0v) is 23.8. The Morgan fingerprint density at radius 2 is 1.98 bits per heavy atom. The molecule has 3 heterocycles. The molecule has 1 aromatic carbocycles. The summed E-state index contributed by atoms with van der Waals surface area (Å²) >= 11 is 0. The highest BCUT2D eigenvalue weighted by atomic mass is 16.7. The molecule has 0 bridgehead atoms. The van der Waals surface area contributed by atoms with Crippen molar-refractivity contribution in [3.05, 3.63) is 57.8 Å². The Bertz CT molecular complexity index is 1160. The zero-order valence-electron chi connectivity index (χ0n) is 23.8. The summed E-state index contributed by atoms with van der Waals surface area (Å²) in [7, 11) is 0. The monoisotopic (exact) mass is 556 g/mol. The lowest BCUT2D eigenvalue weighted by Gasteiger charge is -2.34. The maximum Gasteiger partial charge on any atom is 0.416 e. The summed E-state index contributed by atoms with van der Waals surface area (Å²) in [5.74, 6) is 0.389. The number of benzene rings is 1. The van der Waals surface area contributed by atoms with Crippen molar-refractivity contribution in [3.63, 3.8) is 0 Å². The van der Waals surface area contributed by atoms with E-state index < -0.39 is 22.7 Å². The number of rotatable bonds is 9. The Morgan fingerprint density at radius 1 is 1.20 bits per heavy atom.